The van der Waals surface area contributed by atoms with Crippen molar-refractivity contribution in [2.75, 3.05) is 7.11 Å². The predicted molar refractivity (Wildman–Crippen MR) is 136 cm³/mol. The highest BCUT2D eigenvalue weighted by atomic mass is 79.9. The quantitative estimate of drug-likeness (QED) is 0.234. The molecule has 4 aromatic rings. The van der Waals surface area contributed by atoms with Crippen molar-refractivity contribution in [3.8, 4) is 17.2 Å². The summed E-state index contributed by atoms with van der Waals surface area (Å²) in [4.78, 5) is 12.4. The van der Waals surface area contributed by atoms with Crippen molar-refractivity contribution in [2.45, 2.75) is 12.3 Å². The van der Waals surface area contributed by atoms with Gasteiger partial charge in [-0.3, -0.25) is 0 Å². The molecule has 0 radical (unpaired) electrons. The average molecular weight is 545 g/mol. The third-order valence-corrected chi connectivity index (χ3v) is 6.57. The zero-order valence-corrected chi connectivity index (χ0v) is 20.8. The van der Waals surface area contributed by atoms with Gasteiger partial charge in [0.25, 0.3) is 0 Å². The molecule has 2 aliphatic heterocycles. The maximum Gasteiger partial charge on any atom is 0.343 e. The number of carbonyl (C=O) groups excluding carboxylic acids is 1. The molecule has 0 bridgehead atoms. The van der Waals surface area contributed by atoms with E-state index in [1.807, 2.05) is 47.5 Å². The number of fused-ring (bicyclic) bond motifs is 3. The second-order valence-electron chi connectivity index (χ2n) is 8.34. The Morgan fingerprint density at radius 2 is 1.83 bits per heavy atom. The van der Waals surface area contributed by atoms with Gasteiger partial charge in [0.2, 0.25) is 0 Å². The molecular formula is C28H21BrN2O5. The standard InChI is InChI=1S/C28H21BrN2O5/c1-33-25-15-19(29)14-21-23-16-22(24-8-5-13-34-24)30-31(23)27(36-26(21)25)17-9-11-20(12-10-17)35-28(32)18-6-3-2-4-7-18/h2-16,23,27,30H,1H3. The summed E-state index contributed by atoms with van der Waals surface area (Å²) in [5.74, 6) is 2.08. The Labute approximate surface area is 216 Å². The van der Waals surface area contributed by atoms with Crippen LogP contribution >= 0.6 is 15.9 Å². The van der Waals surface area contributed by atoms with Gasteiger partial charge in [-0.05, 0) is 54.6 Å². The number of furan rings is 1. The van der Waals surface area contributed by atoms with Crippen LogP contribution in [0, 0.1) is 0 Å². The molecule has 0 aliphatic carbocycles. The number of hydrazine groups is 1. The summed E-state index contributed by atoms with van der Waals surface area (Å²) in [6, 6.07) is 23.7. The molecule has 1 N–H and O–H groups in total. The van der Waals surface area contributed by atoms with Gasteiger partial charge in [-0.15, -0.1) is 0 Å². The largest absolute Gasteiger partial charge is 0.493 e. The van der Waals surface area contributed by atoms with Crippen LogP contribution in [0.2, 0.25) is 0 Å². The number of esters is 1. The minimum atomic E-state index is -0.486. The van der Waals surface area contributed by atoms with E-state index in [1.165, 1.54) is 0 Å². The molecule has 0 amide bonds. The molecule has 0 spiro atoms. The normalized spacial score (nSPS) is 18.3. The van der Waals surface area contributed by atoms with Crippen LogP contribution < -0.4 is 19.6 Å². The summed E-state index contributed by atoms with van der Waals surface area (Å²) in [7, 11) is 1.62. The van der Waals surface area contributed by atoms with E-state index in [2.05, 4.69) is 27.4 Å². The Balaban J connectivity index is 1.33. The zero-order chi connectivity index (χ0) is 24.6. The minimum absolute atomic E-state index is 0.138. The van der Waals surface area contributed by atoms with E-state index in [-0.39, 0.29) is 6.04 Å². The lowest BCUT2D eigenvalue weighted by atomic mass is 10.0. The van der Waals surface area contributed by atoms with Crippen molar-refractivity contribution in [1.82, 2.24) is 10.4 Å². The van der Waals surface area contributed by atoms with Crippen LogP contribution in [0.1, 0.15) is 39.5 Å². The summed E-state index contributed by atoms with van der Waals surface area (Å²) in [6.07, 6.45) is 3.27. The number of rotatable bonds is 5. The topological polar surface area (TPSA) is 73.2 Å². The molecule has 7 nitrogen and oxygen atoms in total. The molecule has 180 valence electrons. The van der Waals surface area contributed by atoms with Crippen LogP contribution in [-0.2, 0) is 0 Å². The highest BCUT2D eigenvalue weighted by molar-refractivity contribution is 9.10. The lowest BCUT2D eigenvalue weighted by Gasteiger charge is -2.39. The second-order valence-corrected chi connectivity index (χ2v) is 9.26. The highest BCUT2D eigenvalue weighted by Gasteiger charge is 2.42. The van der Waals surface area contributed by atoms with Crippen molar-refractivity contribution in [3.05, 3.63) is 118 Å². The number of halogens is 1. The zero-order valence-electron chi connectivity index (χ0n) is 19.2. The van der Waals surface area contributed by atoms with Crippen molar-refractivity contribution in [1.29, 1.82) is 0 Å². The maximum absolute atomic E-state index is 12.4. The van der Waals surface area contributed by atoms with E-state index in [1.54, 1.807) is 49.8 Å². The van der Waals surface area contributed by atoms with Gasteiger partial charge in [0.05, 0.1) is 30.7 Å². The first-order valence-corrected chi connectivity index (χ1v) is 12.1. The molecule has 2 atom stereocenters. The van der Waals surface area contributed by atoms with Crippen LogP contribution in [0.4, 0.5) is 0 Å². The summed E-state index contributed by atoms with van der Waals surface area (Å²) >= 11 is 3.58. The third kappa shape index (κ3) is 4.04. The van der Waals surface area contributed by atoms with E-state index in [0.29, 0.717) is 22.8 Å². The fourth-order valence-electron chi connectivity index (χ4n) is 4.42. The average Bonchev–Trinajstić information content (AvgIpc) is 3.59. The Kier molecular flexibility index (Phi) is 5.75. The molecule has 3 aromatic carbocycles. The fraction of sp³-hybridized carbons (Fsp3) is 0.107. The van der Waals surface area contributed by atoms with Crippen LogP contribution in [0.3, 0.4) is 0 Å². The van der Waals surface area contributed by atoms with Gasteiger partial charge < -0.3 is 24.1 Å². The summed E-state index contributed by atoms with van der Waals surface area (Å²) < 4.78 is 24.2. The van der Waals surface area contributed by atoms with Crippen LogP contribution in [-0.4, -0.2) is 18.1 Å². The first-order chi connectivity index (χ1) is 17.6. The Bertz CT molecular complexity index is 1440. The molecule has 6 rings (SSSR count). The Morgan fingerprint density at radius 1 is 1.03 bits per heavy atom. The number of carbonyl (C=O) groups is 1. The van der Waals surface area contributed by atoms with Crippen molar-refractivity contribution in [3.63, 3.8) is 0 Å². The number of nitrogens with one attached hydrogen (secondary N) is 1. The first kappa shape index (κ1) is 22.5. The number of ether oxygens (including phenoxy) is 3. The van der Waals surface area contributed by atoms with Gasteiger partial charge >= 0.3 is 5.97 Å². The number of nitrogens with zero attached hydrogens (tertiary/aromatic N) is 1. The van der Waals surface area contributed by atoms with Gasteiger partial charge in [0, 0.05) is 15.6 Å². The summed E-state index contributed by atoms with van der Waals surface area (Å²) in [5, 5.41) is 2.02. The van der Waals surface area contributed by atoms with E-state index >= 15 is 0 Å². The lowest BCUT2D eigenvalue weighted by Crippen LogP contribution is -2.43. The Hall–Kier alpha value is -4.01. The van der Waals surface area contributed by atoms with Gasteiger partial charge in [0.1, 0.15) is 5.75 Å². The SMILES string of the molecule is COc1cc(Br)cc2c1OC(c1ccc(OC(=O)c3ccccc3)cc1)N1NC(c3ccco3)=CC21. The summed E-state index contributed by atoms with van der Waals surface area (Å²) in [6.45, 7) is 0. The van der Waals surface area contributed by atoms with E-state index in [4.69, 9.17) is 18.6 Å². The molecular weight excluding hydrogens is 524 g/mol. The monoisotopic (exact) mass is 544 g/mol. The fourth-order valence-corrected chi connectivity index (χ4v) is 4.88. The van der Waals surface area contributed by atoms with E-state index in [9.17, 15) is 4.79 Å². The molecule has 0 saturated carbocycles. The second kappa shape index (κ2) is 9.22. The summed E-state index contributed by atoms with van der Waals surface area (Å²) in [5.41, 5.74) is 6.61. The molecule has 2 aliphatic rings. The van der Waals surface area contributed by atoms with Gasteiger partial charge in [0.15, 0.2) is 23.5 Å². The molecule has 0 saturated heterocycles. The molecule has 8 heteroatoms. The molecule has 0 fully saturated rings. The number of methoxy groups -OCH3 is 1. The number of hydrogen-bond donors (Lipinski definition) is 1. The first-order valence-electron chi connectivity index (χ1n) is 11.3. The lowest BCUT2D eigenvalue weighted by molar-refractivity contribution is -0.0345. The molecule has 3 heterocycles. The number of hydrogen-bond acceptors (Lipinski definition) is 7. The molecule has 1 aromatic heterocycles. The van der Waals surface area contributed by atoms with Gasteiger partial charge in [-0.2, -0.15) is 5.01 Å². The predicted octanol–water partition coefficient (Wildman–Crippen LogP) is 6.26. The van der Waals surface area contributed by atoms with Gasteiger partial charge in [-0.1, -0.05) is 46.3 Å². The van der Waals surface area contributed by atoms with Gasteiger partial charge in [-0.25, -0.2) is 4.79 Å². The third-order valence-electron chi connectivity index (χ3n) is 6.11. The maximum atomic E-state index is 12.4. The smallest absolute Gasteiger partial charge is 0.343 e. The van der Waals surface area contributed by atoms with E-state index in [0.717, 1.165) is 27.1 Å². The number of benzene rings is 3. The van der Waals surface area contributed by atoms with Crippen molar-refractivity contribution in [2.24, 2.45) is 0 Å². The Morgan fingerprint density at radius 3 is 2.56 bits per heavy atom. The molecule has 36 heavy (non-hydrogen) atoms. The van der Waals surface area contributed by atoms with Crippen LogP contribution in [0.25, 0.3) is 5.70 Å². The molecule has 2 unspecified atom stereocenters. The minimum Gasteiger partial charge on any atom is -0.493 e. The van der Waals surface area contributed by atoms with Crippen LogP contribution in [0.15, 0.2) is 100 Å². The van der Waals surface area contributed by atoms with Crippen LogP contribution in [0.5, 0.6) is 17.2 Å². The van der Waals surface area contributed by atoms with Crippen molar-refractivity contribution >= 4 is 27.6 Å². The van der Waals surface area contributed by atoms with Crippen molar-refractivity contribution < 1.29 is 23.4 Å². The van der Waals surface area contributed by atoms with E-state index < -0.39 is 12.2 Å². The highest BCUT2D eigenvalue weighted by Crippen LogP contribution is 2.50.